The Morgan fingerprint density at radius 1 is 1.59 bits per heavy atom. The second kappa shape index (κ2) is 4.77. The topological polar surface area (TPSA) is 83.0 Å². The lowest BCUT2D eigenvalue weighted by Crippen LogP contribution is -2.07. The molecule has 0 spiro atoms. The van der Waals surface area contributed by atoms with Crippen LogP contribution >= 0.6 is 0 Å². The van der Waals surface area contributed by atoms with Crippen LogP contribution in [0.2, 0.25) is 0 Å². The summed E-state index contributed by atoms with van der Waals surface area (Å²) in [6.45, 7) is 2.08. The highest BCUT2D eigenvalue weighted by atomic mass is 16.5. The van der Waals surface area contributed by atoms with Gasteiger partial charge in [0.15, 0.2) is 0 Å². The molecule has 2 heterocycles. The van der Waals surface area contributed by atoms with Crippen molar-refractivity contribution in [3.05, 3.63) is 18.3 Å². The highest BCUT2D eigenvalue weighted by molar-refractivity contribution is 5.71. The molecule has 0 aliphatic heterocycles. The van der Waals surface area contributed by atoms with Gasteiger partial charge in [0, 0.05) is 13.2 Å². The van der Waals surface area contributed by atoms with Gasteiger partial charge in [-0.15, -0.1) is 0 Å². The van der Waals surface area contributed by atoms with E-state index in [1.807, 2.05) is 0 Å². The number of carbonyl (C=O) groups is 1. The van der Waals surface area contributed by atoms with E-state index in [-0.39, 0.29) is 18.3 Å². The van der Waals surface area contributed by atoms with E-state index in [0.29, 0.717) is 12.4 Å². The van der Waals surface area contributed by atoms with Crippen molar-refractivity contribution < 1.29 is 14.1 Å². The monoisotopic (exact) mass is 236 g/mol. The Kier molecular flexibility index (Phi) is 3.17. The molecule has 2 aromatic heterocycles. The molecule has 0 unspecified atom stereocenters. The number of hydrogen-bond donors (Lipinski definition) is 0. The van der Waals surface area contributed by atoms with E-state index >= 15 is 0 Å². The quantitative estimate of drug-likeness (QED) is 0.722. The van der Waals surface area contributed by atoms with Crippen molar-refractivity contribution in [2.45, 2.75) is 13.3 Å². The predicted octanol–water partition coefficient (Wildman–Crippen LogP) is 0.576. The first-order valence-electron chi connectivity index (χ1n) is 5.16. The number of aryl methyl sites for hydroxylation is 1. The zero-order valence-electron chi connectivity index (χ0n) is 9.58. The molecule has 17 heavy (non-hydrogen) atoms. The summed E-state index contributed by atoms with van der Waals surface area (Å²) in [5.41, 5.74) is 0.742. The van der Waals surface area contributed by atoms with Crippen molar-refractivity contribution in [2.75, 3.05) is 6.61 Å². The first-order valence-corrected chi connectivity index (χ1v) is 5.16. The summed E-state index contributed by atoms with van der Waals surface area (Å²) in [5, 5.41) is 7.76. The first-order chi connectivity index (χ1) is 8.19. The van der Waals surface area contributed by atoms with Gasteiger partial charge in [0.05, 0.1) is 18.4 Å². The number of rotatable bonds is 4. The molecule has 0 aromatic carbocycles. The number of nitrogens with zero attached hydrogens (tertiary/aromatic N) is 4. The molecule has 7 nitrogen and oxygen atoms in total. The normalized spacial score (nSPS) is 10.5. The van der Waals surface area contributed by atoms with Crippen LogP contribution in [0.3, 0.4) is 0 Å². The molecule has 0 aliphatic carbocycles. The number of hydrogen-bond acceptors (Lipinski definition) is 6. The fourth-order valence-corrected chi connectivity index (χ4v) is 1.32. The second-order valence-electron chi connectivity index (χ2n) is 3.40. The maximum atomic E-state index is 11.2. The van der Waals surface area contributed by atoms with E-state index in [2.05, 4.69) is 15.2 Å². The average molecular weight is 236 g/mol. The maximum absolute atomic E-state index is 11.2. The van der Waals surface area contributed by atoms with Gasteiger partial charge >= 0.3 is 5.97 Å². The van der Waals surface area contributed by atoms with Gasteiger partial charge in [-0.1, -0.05) is 5.16 Å². The van der Waals surface area contributed by atoms with E-state index < -0.39 is 0 Å². The van der Waals surface area contributed by atoms with Crippen molar-refractivity contribution in [3.63, 3.8) is 0 Å². The molecule has 0 saturated heterocycles. The van der Waals surface area contributed by atoms with E-state index in [1.54, 1.807) is 31.0 Å². The minimum Gasteiger partial charge on any atom is -0.466 e. The molecule has 0 fully saturated rings. The van der Waals surface area contributed by atoms with Crippen LogP contribution in [-0.2, 0) is 23.0 Å². The van der Waals surface area contributed by atoms with Crippen molar-refractivity contribution in [2.24, 2.45) is 7.05 Å². The molecule has 0 bridgehead atoms. The Labute approximate surface area is 97.4 Å². The standard InChI is InChI=1S/C10H12N4O3/c1-3-16-9(15)4-8-12-10(13-17-8)7-5-11-14(2)6-7/h5-6H,3-4H2,1-2H3. The lowest BCUT2D eigenvalue weighted by Gasteiger charge is -1.96. The summed E-state index contributed by atoms with van der Waals surface area (Å²) in [4.78, 5) is 15.3. The Morgan fingerprint density at radius 3 is 3.06 bits per heavy atom. The van der Waals surface area contributed by atoms with E-state index in [9.17, 15) is 4.79 Å². The minimum atomic E-state index is -0.381. The van der Waals surface area contributed by atoms with Crippen molar-refractivity contribution >= 4 is 5.97 Å². The highest BCUT2D eigenvalue weighted by Gasteiger charge is 2.13. The first kappa shape index (κ1) is 11.3. The van der Waals surface area contributed by atoms with Crippen molar-refractivity contribution in [3.8, 4) is 11.4 Å². The Bertz CT molecular complexity index is 517. The third kappa shape index (κ3) is 2.68. The molecule has 7 heteroatoms. The lowest BCUT2D eigenvalue weighted by atomic mass is 10.3. The molecule has 0 radical (unpaired) electrons. The molecular weight excluding hydrogens is 224 g/mol. The molecule has 0 aliphatic rings. The maximum Gasteiger partial charge on any atom is 0.315 e. The summed E-state index contributed by atoms with van der Waals surface area (Å²) in [6, 6.07) is 0. The van der Waals surface area contributed by atoms with Crippen LogP contribution in [0.4, 0.5) is 0 Å². The Hall–Kier alpha value is -2.18. The summed E-state index contributed by atoms with van der Waals surface area (Å²) in [6.07, 6.45) is 3.37. The average Bonchev–Trinajstić information content (AvgIpc) is 2.87. The van der Waals surface area contributed by atoms with Gasteiger partial charge in [0.2, 0.25) is 11.7 Å². The van der Waals surface area contributed by atoms with Crippen molar-refractivity contribution in [1.82, 2.24) is 19.9 Å². The number of ether oxygens (including phenoxy) is 1. The van der Waals surface area contributed by atoms with Gasteiger partial charge in [-0.2, -0.15) is 10.1 Å². The third-order valence-corrected chi connectivity index (χ3v) is 2.03. The van der Waals surface area contributed by atoms with Crippen LogP contribution < -0.4 is 0 Å². The van der Waals surface area contributed by atoms with E-state index in [4.69, 9.17) is 9.26 Å². The lowest BCUT2D eigenvalue weighted by molar-refractivity contribution is -0.142. The molecular formula is C10H12N4O3. The van der Waals surface area contributed by atoms with Crippen LogP contribution in [-0.4, -0.2) is 32.5 Å². The van der Waals surface area contributed by atoms with Crippen LogP contribution in [0.1, 0.15) is 12.8 Å². The summed E-state index contributed by atoms with van der Waals surface area (Å²) in [5.74, 6) is 0.272. The second-order valence-corrected chi connectivity index (χ2v) is 3.40. The summed E-state index contributed by atoms with van der Waals surface area (Å²) in [7, 11) is 1.79. The van der Waals surface area contributed by atoms with Gasteiger partial charge < -0.3 is 9.26 Å². The fraction of sp³-hybridized carbons (Fsp3) is 0.400. The molecule has 2 aromatic rings. The third-order valence-electron chi connectivity index (χ3n) is 2.03. The minimum absolute atomic E-state index is 0.0128. The predicted molar refractivity (Wildman–Crippen MR) is 56.8 cm³/mol. The van der Waals surface area contributed by atoms with E-state index in [0.717, 1.165) is 5.56 Å². The molecule has 90 valence electrons. The van der Waals surface area contributed by atoms with E-state index in [1.165, 1.54) is 0 Å². The summed E-state index contributed by atoms with van der Waals surface area (Å²) >= 11 is 0. The number of esters is 1. The van der Waals surface area contributed by atoms with Gasteiger partial charge in [0.25, 0.3) is 0 Å². The zero-order chi connectivity index (χ0) is 12.3. The van der Waals surface area contributed by atoms with Gasteiger partial charge in [-0.25, -0.2) is 0 Å². The zero-order valence-corrected chi connectivity index (χ0v) is 9.58. The highest BCUT2D eigenvalue weighted by Crippen LogP contribution is 2.14. The number of carbonyl (C=O) groups excluding carboxylic acids is 1. The molecule has 0 saturated carbocycles. The Morgan fingerprint density at radius 2 is 2.41 bits per heavy atom. The Balaban J connectivity index is 2.08. The van der Waals surface area contributed by atoms with Gasteiger partial charge in [-0.3, -0.25) is 9.48 Å². The van der Waals surface area contributed by atoms with Crippen molar-refractivity contribution in [1.29, 1.82) is 0 Å². The van der Waals surface area contributed by atoms with Crippen LogP contribution in [0.5, 0.6) is 0 Å². The summed E-state index contributed by atoms with van der Waals surface area (Å²) < 4.78 is 11.4. The van der Waals surface area contributed by atoms with Gasteiger partial charge in [0.1, 0.15) is 6.42 Å². The SMILES string of the molecule is CCOC(=O)Cc1nc(-c2cnn(C)c2)no1. The number of aromatic nitrogens is 4. The smallest absolute Gasteiger partial charge is 0.315 e. The van der Waals surface area contributed by atoms with Crippen LogP contribution in [0.15, 0.2) is 16.9 Å². The van der Waals surface area contributed by atoms with Crippen LogP contribution in [0.25, 0.3) is 11.4 Å². The molecule has 2 rings (SSSR count). The largest absolute Gasteiger partial charge is 0.466 e. The van der Waals surface area contributed by atoms with Gasteiger partial charge in [-0.05, 0) is 6.92 Å². The molecule has 0 amide bonds. The molecule has 0 atom stereocenters. The fourth-order valence-electron chi connectivity index (χ4n) is 1.32. The van der Waals surface area contributed by atoms with Crippen LogP contribution in [0, 0.1) is 0 Å². The molecule has 0 N–H and O–H groups in total.